The second-order valence-corrected chi connectivity index (χ2v) is 7.32. The van der Waals surface area contributed by atoms with Crippen LogP contribution >= 0.6 is 0 Å². The molecule has 0 aliphatic rings. The molecule has 0 aliphatic carbocycles. The van der Waals surface area contributed by atoms with Crippen molar-refractivity contribution in [2.75, 3.05) is 11.9 Å². The van der Waals surface area contributed by atoms with Crippen molar-refractivity contribution in [2.45, 2.75) is 13.8 Å². The maximum Gasteiger partial charge on any atom is 0.244 e. The van der Waals surface area contributed by atoms with Crippen LogP contribution in [0.2, 0.25) is 0 Å². The molecule has 0 bridgehead atoms. The molecule has 0 saturated heterocycles. The van der Waals surface area contributed by atoms with E-state index in [9.17, 15) is 9.59 Å². The Morgan fingerprint density at radius 2 is 1.76 bits per heavy atom. The van der Waals surface area contributed by atoms with Crippen LogP contribution in [0.4, 0.5) is 5.69 Å². The molecule has 0 radical (unpaired) electrons. The first-order valence-electron chi connectivity index (χ1n) is 10.3. The number of benzene rings is 2. The van der Waals surface area contributed by atoms with Gasteiger partial charge in [0.15, 0.2) is 0 Å². The Balaban J connectivity index is 1.31. The number of carbonyl (C=O) groups excluding carboxylic acids is 2. The fraction of sp³-hybridized carbons (Fsp3) is 0.125. The molecule has 9 heteroatoms. The van der Waals surface area contributed by atoms with Crippen molar-refractivity contribution in [3.05, 3.63) is 90.3 Å². The molecule has 0 spiro atoms. The number of hydrogen-bond donors (Lipinski definition) is 2. The van der Waals surface area contributed by atoms with Crippen LogP contribution in [0, 0.1) is 13.8 Å². The number of rotatable bonds is 7. The number of aromatic nitrogens is 5. The molecule has 0 aliphatic heterocycles. The Bertz CT molecular complexity index is 1270. The minimum absolute atomic E-state index is 0.144. The number of hydrogen-bond acceptors (Lipinski definition) is 5. The van der Waals surface area contributed by atoms with Gasteiger partial charge in [-0.2, -0.15) is 10.2 Å². The molecule has 0 atom stereocenters. The van der Waals surface area contributed by atoms with Gasteiger partial charge in [-0.1, -0.05) is 18.2 Å². The lowest BCUT2D eigenvalue weighted by atomic mass is 10.2. The lowest BCUT2D eigenvalue weighted by molar-refractivity contribution is -0.121. The largest absolute Gasteiger partial charge is 0.343 e. The number of anilines is 1. The fourth-order valence-electron chi connectivity index (χ4n) is 3.35. The number of amides is 2. The van der Waals surface area contributed by atoms with E-state index in [2.05, 4.69) is 25.8 Å². The zero-order valence-electron chi connectivity index (χ0n) is 18.3. The van der Waals surface area contributed by atoms with Crippen LogP contribution < -0.4 is 10.6 Å². The Morgan fingerprint density at radius 3 is 2.45 bits per heavy atom. The molecule has 166 valence electrons. The normalized spacial score (nSPS) is 11.0. The monoisotopic (exact) mass is 441 g/mol. The molecule has 0 saturated carbocycles. The Hall–Kier alpha value is -4.53. The van der Waals surface area contributed by atoms with Crippen LogP contribution in [0.15, 0.2) is 73.3 Å². The number of para-hydroxylation sites is 1. The van der Waals surface area contributed by atoms with E-state index in [-0.39, 0.29) is 18.4 Å². The number of carbonyl (C=O) groups is 2. The predicted molar refractivity (Wildman–Crippen MR) is 125 cm³/mol. The molecule has 2 amide bonds. The van der Waals surface area contributed by atoms with E-state index in [4.69, 9.17) is 0 Å². The summed E-state index contributed by atoms with van der Waals surface area (Å²) in [4.78, 5) is 28.3. The molecule has 2 heterocycles. The van der Waals surface area contributed by atoms with E-state index < -0.39 is 0 Å². The van der Waals surface area contributed by atoms with Gasteiger partial charge in [0.2, 0.25) is 11.8 Å². The lowest BCUT2D eigenvalue weighted by Crippen LogP contribution is -2.31. The Labute approximate surface area is 190 Å². The van der Waals surface area contributed by atoms with Gasteiger partial charge in [-0.05, 0) is 56.3 Å². The average Bonchev–Trinajstić information content (AvgIpc) is 3.46. The van der Waals surface area contributed by atoms with Crippen molar-refractivity contribution >= 4 is 23.6 Å². The topological polar surface area (TPSA) is 107 Å². The maximum atomic E-state index is 12.2. The maximum absolute atomic E-state index is 12.2. The molecule has 4 aromatic rings. The molecule has 0 unspecified atom stereocenters. The number of nitrogens with one attached hydrogen (secondary N) is 2. The van der Waals surface area contributed by atoms with Crippen molar-refractivity contribution < 1.29 is 9.59 Å². The van der Waals surface area contributed by atoms with Gasteiger partial charge in [-0.3, -0.25) is 9.59 Å². The van der Waals surface area contributed by atoms with Crippen molar-refractivity contribution in [1.29, 1.82) is 0 Å². The lowest BCUT2D eigenvalue weighted by Gasteiger charge is -2.07. The van der Waals surface area contributed by atoms with E-state index in [0.29, 0.717) is 5.69 Å². The zero-order valence-corrected chi connectivity index (χ0v) is 18.3. The summed E-state index contributed by atoms with van der Waals surface area (Å²) in [6, 6.07) is 16.9. The van der Waals surface area contributed by atoms with Crippen LogP contribution in [0.5, 0.6) is 0 Å². The first-order valence-corrected chi connectivity index (χ1v) is 10.3. The summed E-state index contributed by atoms with van der Waals surface area (Å²) in [7, 11) is 0. The third-order valence-corrected chi connectivity index (χ3v) is 5.01. The summed E-state index contributed by atoms with van der Waals surface area (Å²) in [5.41, 5.74) is 5.00. The van der Waals surface area contributed by atoms with E-state index >= 15 is 0 Å². The van der Waals surface area contributed by atoms with E-state index in [0.717, 1.165) is 28.3 Å². The van der Waals surface area contributed by atoms with Gasteiger partial charge in [0.25, 0.3) is 0 Å². The van der Waals surface area contributed by atoms with Gasteiger partial charge < -0.3 is 10.6 Å². The zero-order chi connectivity index (χ0) is 23.2. The third-order valence-electron chi connectivity index (χ3n) is 5.01. The molecule has 4 rings (SSSR count). The number of aryl methyl sites for hydroxylation is 1. The molecule has 2 N–H and O–H groups in total. The summed E-state index contributed by atoms with van der Waals surface area (Å²) in [5, 5.41) is 14.0. The fourth-order valence-corrected chi connectivity index (χ4v) is 3.35. The highest BCUT2D eigenvalue weighted by Crippen LogP contribution is 2.19. The molecule has 0 fully saturated rings. The predicted octanol–water partition coefficient (Wildman–Crippen LogP) is 2.84. The molecular weight excluding hydrogens is 418 g/mol. The molecule has 2 aromatic carbocycles. The summed E-state index contributed by atoms with van der Waals surface area (Å²) >= 11 is 0. The summed E-state index contributed by atoms with van der Waals surface area (Å²) in [6.45, 7) is 3.70. The first kappa shape index (κ1) is 21.7. The quantitative estimate of drug-likeness (QED) is 0.429. The van der Waals surface area contributed by atoms with Gasteiger partial charge in [0, 0.05) is 23.0 Å². The summed E-state index contributed by atoms with van der Waals surface area (Å²) in [6.07, 6.45) is 6.16. The van der Waals surface area contributed by atoms with Gasteiger partial charge in [0.05, 0.1) is 23.6 Å². The van der Waals surface area contributed by atoms with Crippen molar-refractivity contribution in [1.82, 2.24) is 29.9 Å². The highest BCUT2D eigenvalue weighted by Gasteiger charge is 2.11. The van der Waals surface area contributed by atoms with Gasteiger partial charge in [-0.25, -0.2) is 14.3 Å². The van der Waals surface area contributed by atoms with Crippen LogP contribution in [0.1, 0.15) is 17.0 Å². The molecule has 2 aromatic heterocycles. The van der Waals surface area contributed by atoms with E-state index in [1.54, 1.807) is 29.2 Å². The van der Waals surface area contributed by atoms with Gasteiger partial charge in [0.1, 0.15) is 12.7 Å². The van der Waals surface area contributed by atoms with E-state index in [1.807, 2.05) is 61.0 Å². The molecule has 9 nitrogen and oxygen atoms in total. The van der Waals surface area contributed by atoms with Crippen LogP contribution in [-0.4, -0.2) is 42.9 Å². The van der Waals surface area contributed by atoms with Gasteiger partial charge >= 0.3 is 0 Å². The van der Waals surface area contributed by atoms with Gasteiger partial charge in [-0.15, -0.1) is 0 Å². The summed E-state index contributed by atoms with van der Waals surface area (Å²) < 4.78 is 3.46. The van der Waals surface area contributed by atoms with Crippen LogP contribution in [-0.2, 0) is 9.59 Å². The SMILES string of the molecule is Cc1nn(-c2ccccc2)c(C)c1/C=C/C(=O)NCC(=O)Nc1ccc(-n2cncn2)cc1. The van der Waals surface area contributed by atoms with Crippen molar-refractivity contribution in [3.63, 3.8) is 0 Å². The van der Waals surface area contributed by atoms with Crippen molar-refractivity contribution in [2.24, 2.45) is 0 Å². The third kappa shape index (κ3) is 5.21. The molecular formula is C24H23N7O2. The highest BCUT2D eigenvalue weighted by atomic mass is 16.2. The minimum atomic E-state index is -0.363. The highest BCUT2D eigenvalue weighted by molar-refractivity contribution is 5.98. The Morgan fingerprint density at radius 1 is 1.00 bits per heavy atom. The second kappa shape index (κ2) is 9.73. The standard InChI is InChI=1S/C24H23N7O2/c1-17-22(18(2)31(29-17)21-6-4-3-5-7-21)12-13-23(32)26-14-24(33)28-19-8-10-20(11-9-19)30-16-25-15-27-30/h3-13,15-16H,14H2,1-2H3,(H,26,32)(H,28,33)/b13-12+. The van der Waals surface area contributed by atoms with Crippen LogP contribution in [0.25, 0.3) is 17.5 Å². The average molecular weight is 441 g/mol. The van der Waals surface area contributed by atoms with Crippen LogP contribution in [0.3, 0.4) is 0 Å². The molecule has 33 heavy (non-hydrogen) atoms. The van der Waals surface area contributed by atoms with Crippen molar-refractivity contribution in [3.8, 4) is 11.4 Å². The smallest absolute Gasteiger partial charge is 0.244 e. The minimum Gasteiger partial charge on any atom is -0.343 e. The Kier molecular flexibility index (Phi) is 6.40. The number of nitrogens with zero attached hydrogens (tertiary/aromatic N) is 5. The van der Waals surface area contributed by atoms with E-state index in [1.165, 1.54) is 12.4 Å². The summed E-state index contributed by atoms with van der Waals surface area (Å²) in [5.74, 6) is -0.688. The second-order valence-electron chi connectivity index (χ2n) is 7.32. The first-order chi connectivity index (χ1) is 16.0.